The Labute approximate surface area is 371 Å². The number of methoxy groups -OCH3 is 2. The van der Waals surface area contributed by atoms with E-state index in [4.69, 9.17) is 26.1 Å². The summed E-state index contributed by atoms with van der Waals surface area (Å²) in [5.41, 5.74) is 6.00. The van der Waals surface area contributed by atoms with Gasteiger partial charge in [0, 0.05) is 41.1 Å². The Morgan fingerprint density at radius 2 is 1.83 bits per heavy atom. The number of ether oxygens (including phenoxy) is 2. The standard InChI is InChI=1S/C44H43ClN8O8S2/c1-22-6-7-25(31(16-35(54)55)26-13-32-39(34(14-26)60-4)52(3)51-49-32)12-27(22)20-47-63(58,59)30-15-28-18-44(28,19-30)41(57)40-23(2)37-38(24-8-10-29(45)11-9-24)48-33(17-36(56)61-5)42-50-46-21-53(42)43(37)62-40/h6-14,21,28,30-31,33,47H,15-20H2,1-5H3,(H,54,55)/t28?,30?,31?,33-,44?/m0/s1. The van der Waals surface area contributed by atoms with Crippen molar-refractivity contribution in [1.82, 2.24) is 34.5 Å². The van der Waals surface area contributed by atoms with Crippen molar-refractivity contribution in [2.24, 2.45) is 23.4 Å². The van der Waals surface area contributed by atoms with Gasteiger partial charge in [-0.05, 0) is 91.1 Å². The highest BCUT2D eigenvalue weighted by Gasteiger charge is 2.67. The van der Waals surface area contributed by atoms with Gasteiger partial charge < -0.3 is 14.6 Å². The molecule has 5 atom stereocenters. The zero-order chi connectivity index (χ0) is 44.5. The fourth-order valence-corrected chi connectivity index (χ4v) is 12.4. The molecule has 2 aliphatic carbocycles. The number of fused-ring (bicyclic) bond motifs is 5. The first kappa shape index (κ1) is 42.5. The maximum atomic E-state index is 14.8. The van der Waals surface area contributed by atoms with E-state index < -0.39 is 44.6 Å². The number of hydrogen-bond donors (Lipinski definition) is 2. The Balaban J connectivity index is 0.971. The number of aliphatic imine (C=N–C) groups is 1. The van der Waals surface area contributed by atoms with Crippen molar-refractivity contribution in [2.45, 2.75) is 69.7 Å². The average Bonchev–Trinajstić information content (AvgIpc) is 3.69. The van der Waals surface area contributed by atoms with Crippen molar-refractivity contribution in [3.05, 3.63) is 116 Å². The molecule has 2 fully saturated rings. The molecular weight excluding hydrogens is 868 g/mol. The zero-order valence-corrected chi connectivity index (χ0v) is 37.3. The van der Waals surface area contributed by atoms with Crippen molar-refractivity contribution in [3.8, 4) is 10.8 Å². The highest BCUT2D eigenvalue weighted by atomic mass is 35.5. The molecule has 326 valence electrons. The first-order chi connectivity index (χ1) is 30.1. The number of aryl methyl sites for hydroxylation is 2. The minimum absolute atomic E-state index is 0.0156. The first-order valence-electron chi connectivity index (χ1n) is 20.3. The lowest BCUT2D eigenvalue weighted by Gasteiger charge is -2.20. The molecule has 3 aromatic heterocycles. The summed E-state index contributed by atoms with van der Waals surface area (Å²) in [4.78, 5) is 45.1. The van der Waals surface area contributed by atoms with Gasteiger partial charge in [-0.25, -0.2) is 17.8 Å². The number of sulfonamides is 1. The van der Waals surface area contributed by atoms with Crippen LogP contribution in [0.2, 0.25) is 5.02 Å². The van der Waals surface area contributed by atoms with E-state index in [0.717, 1.165) is 11.1 Å². The molecule has 6 aromatic rings. The molecule has 63 heavy (non-hydrogen) atoms. The van der Waals surface area contributed by atoms with Crippen LogP contribution in [-0.4, -0.2) is 86.2 Å². The molecule has 3 aromatic carbocycles. The number of benzene rings is 3. The van der Waals surface area contributed by atoms with Gasteiger partial charge in [-0.1, -0.05) is 47.1 Å². The number of carboxylic acid groups (broad SMARTS) is 1. The van der Waals surface area contributed by atoms with Gasteiger partial charge in [-0.3, -0.25) is 23.9 Å². The van der Waals surface area contributed by atoms with Crippen LogP contribution in [0.15, 0.2) is 65.9 Å². The number of thiophene rings is 1. The summed E-state index contributed by atoms with van der Waals surface area (Å²) in [6.45, 7) is 3.74. The summed E-state index contributed by atoms with van der Waals surface area (Å²) >= 11 is 7.56. The maximum absolute atomic E-state index is 14.8. The van der Waals surface area contributed by atoms with Gasteiger partial charge >= 0.3 is 11.9 Å². The number of nitrogens with one attached hydrogen (secondary N) is 1. The van der Waals surface area contributed by atoms with Crippen molar-refractivity contribution in [2.75, 3.05) is 14.2 Å². The number of aliphatic carboxylic acids is 1. The van der Waals surface area contributed by atoms with Gasteiger partial charge in [-0.15, -0.1) is 26.6 Å². The molecule has 16 nitrogen and oxygen atoms in total. The van der Waals surface area contributed by atoms with Crippen molar-refractivity contribution < 1.29 is 37.4 Å². The fraction of sp³-hybridized carbons (Fsp3) is 0.364. The van der Waals surface area contributed by atoms with Gasteiger partial charge in [0.25, 0.3) is 0 Å². The number of halogens is 1. The second-order valence-corrected chi connectivity index (χ2v) is 20.0. The molecule has 0 amide bonds. The lowest BCUT2D eigenvalue weighted by molar-refractivity contribution is -0.141. The van der Waals surface area contributed by atoms with Crippen LogP contribution in [0.4, 0.5) is 0 Å². The third-order valence-electron chi connectivity index (χ3n) is 12.8. The van der Waals surface area contributed by atoms with Crippen LogP contribution < -0.4 is 9.46 Å². The van der Waals surface area contributed by atoms with E-state index in [0.29, 0.717) is 83.9 Å². The molecule has 9 rings (SSSR count). The van der Waals surface area contributed by atoms with E-state index in [1.54, 1.807) is 46.9 Å². The van der Waals surface area contributed by atoms with Crippen LogP contribution >= 0.6 is 22.9 Å². The van der Waals surface area contributed by atoms with Gasteiger partial charge in [0.15, 0.2) is 11.6 Å². The quantitative estimate of drug-likeness (QED) is 0.0896. The van der Waals surface area contributed by atoms with Crippen LogP contribution in [0, 0.1) is 25.2 Å². The molecule has 3 aliphatic rings. The molecule has 4 heterocycles. The lowest BCUT2D eigenvalue weighted by atomic mass is 9.86. The highest BCUT2D eigenvalue weighted by Crippen LogP contribution is 2.66. The number of nitrogens with zero attached hydrogens (tertiary/aromatic N) is 7. The number of ketones is 1. The van der Waals surface area contributed by atoms with E-state index in [1.165, 1.54) is 25.6 Å². The normalized spacial score (nSPS) is 20.6. The number of esters is 1. The highest BCUT2D eigenvalue weighted by molar-refractivity contribution is 7.90. The van der Waals surface area contributed by atoms with Crippen molar-refractivity contribution in [3.63, 3.8) is 0 Å². The Hall–Kier alpha value is -5.82. The number of carbonyl (C=O) groups is 3. The SMILES string of the molecule is COC(=O)C[C@@H]1N=C(c2ccc(Cl)cc2)c2c(sc(C(=O)C34CC3CC(S(=O)(=O)NCc3cc(C(CC(=O)O)c5cc(OC)c6c(c5)nnn6C)ccc3C)C4)c2C)-n2cnnc21. The summed E-state index contributed by atoms with van der Waals surface area (Å²) in [6.07, 6.45) is 2.37. The number of rotatable bonds is 14. The molecular formula is C44H43ClN8O8S2. The fourth-order valence-electron chi connectivity index (χ4n) is 9.38. The number of aromatic nitrogens is 6. The molecule has 19 heteroatoms. The monoisotopic (exact) mass is 910 g/mol. The average molecular weight is 911 g/mol. The van der Waals surface area contributed by atoms with E-state index in [2.05, 4.69) is 25.2 Å². The number of Topliss-reactive ketones (excluding diaryl/α,β-unsaturated/α-hetero) is 1. The maximum Gasteiger partial charge on any atom is 0.308 e. The molecule has 0 saturated heterocycles. The molecule has 0 spiro atoms. The molecule has 2 saturated carbocycles. The minimum atomic E-state index is -3.90. The third-order valence-corrected chi connectivity index (χ3v) is 16.2. The molecule has 0 bridgehead atoms. The minimum Gasteiger partial charge on any atom is -0.494 e. The van der Waals surface area contributed by atoms with E-state index in [1.807, 2.05) is 44.2 Å². The van der Waals surface area contributed by atoms with Gasteiger partial charge in [0.2, 0.25) is 10.0 Å². The second kappa shape index (κ2) is 16.1. The van der Waals surface area contributed by atoms with Crippen LogP contribution in [0.1, 0.15) is 98.5 Å². The molecule has 4 unspecified atom stereocenters. The van der Waals surface area contributed by atoms with Crippen LogP contribution in [0.5, 0.6) is 5.75 Å². The van der Waals surface area contributed by atoms with E-state index >= 15 is 0 Å². The van der Waals surface area contributed by atoms with E-state index in [-0.39, 0.29) is 37.5 Å². The second-order valence-electron chi connectivity index (χ2n) is 16.5. The number of carbonyl (C=O) groups excluding carboxylic acids is 2. The van der Waals surface area contributed by atoms with Crippen molar-refractivity contribution in [1.29, 1.82) is 0 Å². The van der Waals surface area contributed by atoms with Crippen LogP contribution in [0.3, 0.4) is 0 Å². The Morgan fingerprint density at radius 1 is 1.05 bits per heavy atom. The first-order valence-corrected chi connectivity index (χ1v) is 23.0. The third kappa shape index (κ3) is 7.51. The largest absolute Gasteiger partial charge is 0.494 e. The van der Waals surface area contributed by atoms with Crippen LogP contribution in [-0.2, 0) is 37.9 Å². The predicted molar refractivity (Wildman–Crippen MR) is 234 cm³/mol. The molecule has 2 N–H and O–H groups in total. The Kier molecular flexibility index (Phi) is 10.8. The van der Waals surface area contributed by atoms with Gasteiger partial charge in [0.05, 0.1) is 42.9 Å². The van der Waals surface area contributed by atoms with E-state index in [9.17, 15) is 27.9 Å². The Bertz CT molecular complexity index is 3000. The lowest BCUT2D eigenvalue weighted by Crippen LogP contribution is -2.34. The zero-order valence-electron chi connectivity index (χ0n) is 35.0. The summed E-state index contributed by atoms with van der Waals surface area (Å²) in [6, 6.07) is 15.6. The summed E-state index contributed by atoms with van der Waals surface area (Å²) in [7, 11) is 0.697. The van der Waals surface area contributed by atoms with Gasteiger partial charge in [-0.2, -0.15) is 0 Å². The summed E-state index contributed by atoms with van der Waals surface area (Å²) in [5, 5.41) is 27.2. The predicted octanol–water partition coefficient (Wildman–Crippen LogP) is 6.42. The topological polar surface area (TPSA) is 210 Å². The van der Waals surface area contributed by atoms with Gasteiger partial charge in [0.1, 0.15) is 34.2 Å². The smallest absolute Gasteiger partial charge is 0.308 e. The molecule has 1 aliphatic heterocycles. The summed E-state index contributed by atoms with van der Waals surface area (Å²) in [5.74, 6) is -1.32. The summed E-state index contributed by atoms with van der Waals surface area (Å²) < 4.78 is 45.0. The number of carboxylic acids is 1. The molecule has 0 radical (unpaired) electrons. The van der Waals surface area contributed by atoms with Crippen LogP contribution in [0.25, 0.3) is 16.0 Å². The number of hydrogen-bond acceptors (Lipinski definition) is 13. The van der Waals surface area contributed by atoms with Crippen molar-refractivity contribution >= 4 is 67.4 Å². The Morgan fingerprint density at radius 3 is 2.56 bits per heavy atom.